The zero-order valence-electron chi connectivity index (χ0n) is 11.3. The number of amides is 1. The average Bonchev–Trinajstić information content (AvgIpc) is 2.48. The summed E-state index contributed by atoms with van der Waals surface area (Å²) in [6, 6.07) is 4.30. The first-order valence-corrected chi connectivity index (χ1v) is 6.91. The molecule has 0 bridgehead atoms. The lowest BCUT2D eigenvalue weighted by molar-refractivity contribution is -0.120. The van der Waals surface area contributed by atoms with Gasteiger partial charge in [0.25, 0.3) is 0 Å². The highest BCUT2D eigenvalue weighted by molar-refractivity contribution is 5.92. The van der Waals surface area contributed by atoms with Crippen LogP contribution in [0.1, 0.15) is 37.7 Å². The van der Waals surface area contributed by atoms with E-state index in [9.17, 15) is 9.18 Å². The molecular weight excluding hydrogens is 257 g/mol. The number of hydrogen-bond acceptors (Lipinski definition) is 2. The molecule has 0 atom stereocenters. The fourth-order valence-electron chi connectivity index (χ4n) is 2.44. The van der Waals surface area contributed by atoms with Gasteiger partial charge in [0.05, 0.1) is 5.56 Å². The average molecular weight is 275 g/mol. The molecule has 20 heavy (non-hydrogen) atoms. The van der Waals surface area contributed by atoms with Crippen LogP contribution in [0.3, 0.4) is 0 Å². The maximum Gasteiger partial charge on any atom is 0.227 e. The molecule has 0 aromatic heterocycles. The van der Waals surface area contributed by atoms with E-state index in [1.165, 1.54) is 24.6 Å². The third-order valence-corrected chi connectivity index (χ3v) is 3.51. The molecule has 0 aliphatic heterocycles. The van der Waals surface area contributed by atoms with Crippen LogP contribution in [-0.4, -0.2) is 17.6 Å². The maximum atomic E-state index is 13.5. The van der Waals surface area contributed by atoms with Crippen molar-refractivity contribution in [2.45, 2.75) is 32.1 Å². The highest BCUT2D eigenvalue weighted by Gasteiger charge is 2.21. The lowest BCUT2D eigenvalue weighted by Gasteiger charge is -2.20. The second kappa shape index (κ2) is 7.06. The van der Waals surface area contributed by atoms with E-state index in [0.29, 0.717) is 5.69 Å². The van der Waals surface area contributed by atoms with Gasteiger partial charge in [-0.05, 0) is 31.0 Å². The standard InChI is InChI=1S/C16H18FNO2/c17-15-9-8-14(11-13(15)7-4-10-19)18-16(20)12-5-2-1-3-6-12/h8-9,11-12,19H,1-3,5-6,10H2,(H,18,20). The SMILES string of the molecule is O=C(Nc1ccc(F)c(C#CCO)c1)C1CCCCC1. The van der Waals surface area contributed by atoms with Crippen molar-refractivity contribution < 1.29 is 14.3 Å². The van der Waals surface area contributed by atoms with Gasteiger partial charge in [-0.2, -0.15) is 0 Å². The first kappa shape index (κ1) is 14.5. The van der Waals surface area contributed by atoms with Gasteiger partial charge in [0.15, 0.2) is 0 Å². The lowest BCUT2D eigenvalue weighted by atomic mass is 9.88. The molecule has 1 amide bonds. The zero-order valence-corrected chi connectivity index (χ0v) is 11.3. The Balaban J connectivity index is 2.07. The summed E-state index contributed by atoms with van der Waals surface area (Å²) in [6.07, 6.45) is 5.22. The fraction of sp³-hybridized carbons (Fsp3) is 0.438. The molecule has 3 nitrogen and oxygen atoms in total. The summed E-state index contributed by atoms with van der Waals surface area (Å²) in [5.74, 6) is 4.53. The number of hydrogen-bond donors (Lipinski definition) is 2. The molecule has 0 unspecified atom stereocenters. The Morgan fingerprint density at radius 1 is 1.35 bits per heavy atom. The Kier molecular flexibility index (Phi) is 5.14. The van der Waals surface area contributed by atoms with E-state index in [2.05, 4.69) is 17.2 Å². The molecule has 1 aliphatic carbocycles. The highest BCUT2D eigenvalue weighted by atomic mass is 19.1. The number of carbonyl (C=O) groups excluding carboxylic acids is 1. The molecule has 1 fully saturated rings. The maximum absolute atomic E-state index is 13.5. The van der Waals surface area contributed by atoms with E-state index in [1.807, 2.05) is 0 Å². The minimum absolute atomic E-state index is 0.00243. The van der Waals surface area contributed by atoms with Gasteiger partial charge < -0.3 is 10.4 Å². The van der Waals surface area contributed by atoms with Crippen molar-refractivity contribution in [3.8, 4) is 11.8 Å². The highest BCUT2D eigenvalue weighted by Crippen LogP contribution is 2.25. The molecular formula is C16H18FNO2. The normalized spacial score (nSPS) is 15.3. The van der Waals surface area contributed by atoms with Crippen LogP contribution < -0.4 is 5.32 Å². The van der Waals surface area contributed by atoms with Gasteiger partial charge in [-0.3, -0.25) is 4.79 Å². The first-order valence-electron chi connectivity index (χ1n) is 6.91. The number of rotatable bonds is 2. The van der Waals surface area contributed by atoms with Gasteiger partial charge in [0, 0.05) is 11.6 Å². The molecule has 2 rings (SSSR count). The number of anilines is 1. The number of halogens is 1. The summed E-state index contributed by atoms with van der Waals surface area (Å²) in [7, 11) is 0. The Hall–Kier alpha value is -1.86. The van der Waals surface area contributed by atoms with E-state index in [4.69, 9.17) is 5.11 Å². The van der Waals surface area contributed by atoms with Crippen molar-refractivity contribution in [2.24, 2.45) is 5.92 Å². The third-order valence-electron chi connectivity index (χ3n) is 3.51. The van der Waals surface area contributed by atoms with Crippen LogP contribution in [0.4, 0.5) is 10.1 Å². The predicted molar refractivity (Wildman–Crippen MR) is 75.6 cm³/mol. The molecule has 0 radical (unpaired) electrons. The van der Waals surface area contributed by atoms with Crippen LogP contribution in [-0.2, 0) is 4.79 Å². The predicted octanol–water partition coefficient (Wildman–Crippen LogP) is 2.69. The van der Waals surface area contributed by atoms with E-state index in [0.717, 1.165) is 25.7 Å². The monoisotopic (exact) mass is 275 g/mol. The van der Waals surface area contributed by atoms with Gasteiger partial charge in [-0.25, -0.2) is 4.39 Å². The van der Waals surface area contributed by atoms with Crippen LogP contribution in [0.25, 0.3) is 0 Å². The van der Waals surface area contributed by atoms with E-state index in [1.54, 1.807) is 0 Å². The van der Waals surface area contributed by atoms with Crippen LogP contribution in [0.2, 0.25) is 0 Å². The number of benzene rings is 1. The number of nitrogens with one attached hydrogen (secondary N) is 1. The van der Waals surface area contributed by atoms with Gasteiger partial charge >= 0.3 is 0 Å². The van der Waals surface area contributed by atoms with Crippen molar-refractivity contribution in [3.63, 3.8) is 0 Å². The molecule has 1 aliphatic rings. The lowest BCUT2D eigenvalue weighted by Crippen LogP contribution is -2.24. The van der Waals surface area contributed by atoms with Crippen LogP contribution in [0, 0.1) is 23.6 Å². The molecule has 4 heteroatoms. The largest absolute Gasteiger partial charge is 0.384 e. The van der Waals surface area contributed by atoms with E-state index in [-0.39, 0.29) is 24.0 Å². The Morgan fingerprint density at radius 3 is 2.80 bits per heavy atom. The zero-order chi connectivity index (χ0) is 14.4. The summed E-state index contributed by atoms with van der Waals surface area (Å²) in [4.78, 5) is 12.1. The first-order chi connectivity index (χ1) is 9.70. The van der Waals surface area contributed by atoms with Crippen molar-refractivity contribution >= 4 is 11.6 Å². The molecule has 1 aromatic rings. The van der Waals surface area contributed by atoms with Gasteiger partial charge in [0.1, 0.15) is 12.4 Å². The van der Waals surface area contributed by atoms with Crippen LogP contribution in [0.5, 0.6) is 0 Å². The van der Waals surface area contributed by atoms with E-state index < -0.39 is 5.82 Å². The summed E-state index contributed by atoms with van der Waals surface area (Å²) in [6.45, 7) is -0.321. The van der Waals surface area contributed by atoms with Crippen molar-refractivity contribution in [2.75, 3.05) is 11.9 Å². The smallest absolute Gasteiger partial charge is 0.227 e. The summed E-state index contributed by atoms with van der Waals surface area (Å²) < 4.78 is 13.5. The molecule has 2 N–H and O–H groups in total. The minimum atomic E-state index is -0.457. The molecule has 0 heterocycles. The number of aliphatic hydroxyl groups excluding tert-OH is 1. The minimum Gasteiger partial charge on any atom is -0.384 e. The third kappa shape index (κ3) is 3.82. The molecule has 0 saturated heterocycles. The molecule has 0 spiro atoms. The van der Waals surface area contributed by atoms with Gasteiger partial charge in [-0.1, -0.05) is 31.1 Å². The Labute approximate surface area is 118 Å². The summed E-state index contributed by atoms with van der Waals surface area (Å²) >= 11 is 0. The molecule has 1 saturated carbocycles. The molecule has 106 valence electrons. The van der Waals surface area contributed by atoms with Gasteiger partial charge in [0.2, 0.25) is 5.91 Å². The van der Waals surface area contributed by atoms with Crippen LogP contribution >= 0.6 is 0 Å². The summed E-state index contributed by atoms with van der Waals surface area (Å²) in [5.41, 5.74) is 0.727. The number of aliphatic hydroxyl groups is 1. The Morgan fingerprint density at radius 2 is 2.10 bits per heavy atom. The topological polar surface area (TPSA) is 49.3 Å². The Bertz CT molecular complexity index is 539. The van der Waals surface area contributed by atoms with Crippen molar-refractivity contribution in [3.05, 3.63) is 29.6 Å². The molecule has 1 aromatic carbocycles. The van der Waals surface area contributed by atoms with Crippen molar-refractivity contribution in [1.29, 1.82) is 0 Å². The van der Waals surface area contributed by atoms with Gasteiger partial charge in [-0.15, -0.1) is 0 Å². The van der Waals surface area contributed by atoms with Crippen molar-refractivity contribution in [1.82, 2.24) is 0 Å². The quantitative estimate of drug-likeness (QED) is 0.815. The second-order valence-corrected chi connectivity index (χ2v) is 4.98. The van der Waals surface area contributed by atoms with Crippen LogP contribution in [0.15, 0.2) is 18.2 Å². The summed E-state index contributed by atoms with van der Waals surface area (Å²) in [5, 5.41) is 11.5. The second-order valence-electron chi connectivity index (χ2n) is 4.98. The van der Waals surface area contributed by atoms with E-state index >= 15 is 0 Å². The fourth-order valence-corrected chi connectivity index (χ4v) is 2.44. The number of carbonyl (C=O) groups is 1.